The third-order valence-electron chi connectivity index (χ3n) is 5.62. The van der Waals surface area contributed by atoms with Gasteiger partial charge in [-0.3, -0.25) is 9.59 Å². The van der Waals surface area contributed by atoms with Gasteiger partial charge in [-0.2, -0.15) is 0 Å². The van der Waals surface area contributed by atoms with Gasteiger partial charge in [-0.25, -0.2) is 0 Å². The summed E-state index contributed by atoms with van der Waals surface area (Å²) < 4.78 is 5.56. The van der Waals surface area contributed by atoms with Crippen LogP contribution in [-0.4, -0.2) is 48.9 Å². The van der Waals surface area contributed by atoms with Gasteiger partial charge in [0.1, 0.15) is 5.75 Å². The average molecular weight is 395 g/mol. The van der Waals surface area contributed by atoms with Crippen LogP contribution in [0, 0.1) is 11.8 Å². The highest BCUT2D eigenvalue weighted by Gasteiger charge is 2.42. The lowest BCUT2D eigenvalue weighted by molar-refractivity contribution is -0.136. The standard InChI is InChI=1S/C24H30N2O3/c1-17(2)23(27)26-15-20(19-12-8-9-13-22(19)29-4)21(16-26)24(28)25(3)14-18-10-6-5-7-11-18/h5-13,17,20-21H,14-16H2,1-4H3. The first-order chi connectivity index (χ1) is 13.9. The summed E-state index contributed by atoms with van der Waals surface area (Å²) in [4.78, 5) is 29.7. The molecule has 2 amide bonds. The van der Waals surface area contributed by atoms with Crippen LogP contribution < -0.4 is 4.74 Å². The molecule has 2 atom stereocenters. The highest BCUT2D eigenvalue weighted by Crippen LogP contribution is 2.38. The Kier molecular flexibility index (Phi) is 6.57. The second kappa shape index (κ2) is 9.12. The van der Waals surface area contributed by atoms with Crippen molar-refractivity contribution in [2.75, 3.05) is 27.2 Å². The molecule has 2 aromatic rings. The highest BCUT2D eigenvalue weighted by molar-refractivity contribution is 5.84. The Bertz CT molecular complexity index is 850. The molecule has 154 valence electrons. The molecule has 5 heteroatoms. The summed E-state index contributed by atoms with van der Waals surface area (Å²) in [6, 6.07) is 17.8. The summed E-state index contributed by atoms with van der Waals surface area (Å²) in [5, 5.41) is 0. The molecule has 3 rings (SSSR count). The van der Waals surface area contributed by atoms with E-state index >= 15 is 0 Å². The van der Waals surface area contributed by atoms with Crippen molar-refractivity contribution in [2.24, 2.45) is 11.8 Å². The zero-order chi connectivity index (χ0) is 21.0. The summed E-state index contributed by atoms with van der Waals surface area (Å²) in [6.07, 6.45) is 0. The van der Waals surface area contributed by atoms with Gasteiger partial charge in [-0.1, -0.05) is 62.4 Å². The topological polar surface area (TPSA) is 49.9 Å². The van der Waals surface area contributed by atoms with Crippen LogP contribution in [-0.2, 0) is 16.1 Å². The summed E-state index contributed by atoms with van der Waals surface area (Å²) >= 11 is 0. The van der Waals surface area contributed by atoms with Crippen LogP contribution in [0.1, 0.15) is 30.9 Å². The average Bonchev–Trinajstić information content (AvgIpc) is 3.18. The number of para-hydroxylation sites is 1. The van der Waals surface area contributed by atoms with Crippen molar-refractivity contribution in [3.8, 4) is 5.75 Å². The second-order valence-electron chi connectivity index (χ2n) is 8.03. The number of likely N-dealkylation sites (tertiary alicyclic amines) is 1. The Morgan fingerprint density at radius 3 is 2.38 bits per heavy atom. The third-order valence-corrected chi connectivity index (χ3v) is 5.62. The first-order valence-corrected chi connectivity index (χ1v) is 10.1. The zero-order valence-corrected chi connectivity index (χ0v) is 17.7. The van der Waals surface area contributed by atoms with Crippen molar-refractivity contribution in [2.45, 2.75) is 26.3 Å². The van der Waals surface area contributed by atoms with Gasteiger partial charge in [0.2, 0.25) is 11.8 Å². The van der Waals surface area contributed by atoms with Gasteiger partial charge in [-0.05, 0) is 17.2 Å². The Balaban J connectivity index is 1.87. The van der Waals surface area contributed by atoms with Crippen LogP contribution >= 0.6 is 0 Å². The van der Waals surface area contributed by atoms with Gasteiger partial charge in [0, 0.05) is 38.5 Å². The second-order valence-corrected chi connectivity index (χ2v) is 8.03. The maximum absolute atomic E-state index is 13.4. The molecule has 2 unspecified atom stereocenters. The largest absolute Gasteiger partial charge is 0.496 e. The van der Waals surface area contributed by atoms with Crippen molar-refractivity contribution in [3.63, 3.8) is 0 Å². The molecule has 0 N–H and O–H groups in total. The van der Waals surface area contributed by atoms with E-state index in [0.717, 1.165) is 16.9 Å². The summed E-state index contributed by atoms with van der Waals surface area (Å²) in [5.74, 6) is 0.445. The number of carbonyl (C=O) groups is 2. The first-order valence-electron chi connectivity index (χ1n) is 10.1. The summed E-state index contributed by atoms with van der Waals surface area (Å²) in [7, 11) is 3.48. The highest BCUT2D eigenvalue weighted by atomic mass is 16.5. The minimum atomic E-state index is -0.289. The molecule has 0 spiro atoms. The molecule has 1 aliphatic rings. The van der Waals surface area contributed by atoms with Crippen molar-refractivity contribution in [1.29, 1.82) is 0 Å². The quantitative estimate of drug-likeness (QED) is 0.753. The van der Waals surface area contributed by atoms with E-state index < -0.39 is 0 Å². The molecule has 0 aliphatic carbocycles. The van der Waals surface area contributed by atoms with E-state index in [1.165, 1.54) is 0 Å². The van der Waals surface area contributed by atoms with Gasteiger partial charge < -0.3 is 14.5 Å². The molecule has 1 fully saturated rings. The van der Waals surface area contributed by atoms with E-state index in [2.05, 4.69) is 0 Å². The molecule has 5 nitrogen and oxygen atoms in total. The van der Waals surface area contributed by atoms with Crippen molar-refractivity contribution in [1.82, 2.24) is 9.80 Å². The summed E-state index contributed by atoms with van der Waals surface area (Å²) in [6.45, 7) is 5.33. The van der Waals surface area contributed by atoms with E-state index in [9.17, 15) is 9.59 Å². The van der Waals surface area contributed by atoms with Crippen LogP contribution in [0.4, 0.5) is 0 Å². The van der Waals surface area contributed by atoms with Gasteiger partial charge in [0.25, 0.3) is 0 Å². The van der Waals surface area contributed by atoms with Crippen LogP contribution in [0.3, 0.4) is 0 Å². The number of hydrogen-bond donors (Lipinski definition) is 0. The maximum Gasteiger partial charge on any atom is 0.228 e. The van der Waals surface area contributed by atoms with E-state index in [0.29, 0.717) is 19.6 Å². The van der Waals surface area contributed by atoms with Crippen molar-refractivity contribution < 1.29 is 14.3 Å². The molecule has 2 aromatic carbocycles. The molecule has 1 saturated heterocycles. The smallest absolute Gasteiger partial charge is 0.228 e. The molecule has 0 radical (unpaired) electrons. The Morgan fingerprint density at radius 1 is 1.07 bits per heavy atom. The number of amides is 2. The molecule has 29 heavy (non-hydrogen) atoms. The normalized spacial score (nSPS) is 18.7. The monoisotopic (exact) mass is 394 g/mol. The van der Waals surface area contributed by atoms with Gasteiger partial charge in [0.05, 0.1) is 13.0 Å². The minimum absolute atomic E-state index is 0.0591. The molecule has 1 aliphatic heterocycles. The van der Waals surface area contributed by atoms with Crippen molar-refractivity contribution in [3.05, 3.63) is 65.7 Å². The Labute approximate surface area is 173 Å². The lowest BCUT2D eigenvalue weighted by Gasteiger charge is -2.25. The number of methoxy groups -OCH3 is 1. The number of hydrogen-bond acceptors (Lipinski definition) is 3. The number of benzene rings is 2. The Morgan fingerprint density at radius 2 is 1.72 bits per heavy atom. The fourth-order valence-electron chi connectivity index (χ4n) is 4.11. The fraction of sp³-hybridized carbons (Fsp3) is 0.417. The van der Waals surface area contributed by atoms with E-state index in [1.807, 2.05) is 80.4 Å². The lowest BCUT2D eigenvalue weighted by Crippen LogP contribution is -2.37. The van der Waals surface area contributed by atoms with Crippen LogP contribution in [0.5, 0.6) is 5.75 Å². The Hall–Kier alpha value is -2.82. The van der Waals surface area contributed by atoms with Crippen LogP contribution in [0.25, 0.3) is 0 Å². The first kappa shape index (κ1) is 20.9. The number of nitrogens with zero attached hydrogens (tertiary/aromatic N) is 2. The van der Waals surface area contributed by atoms with E-state index in [1.54, 1.807) is 12.0 Å². The molecule has 0 bridgehead atoms. The maximum atomic E-state index is 13.4. The zero-order valence-electron chi connectivity index (χ0n) is 17.7. The van der Waals surface area contributed by atoms with Crippen LogP contribution in [0.15, 0.2) is 54.6 Å². The number of ether oxygens (including phenoxy) is 1. The molecular formula is C24H30N2O3. The van der Waals surface area contributed by atoms with Gasteiger partial charge in [0.15, 0.2) is 0 Å². The molecular weight excluding hydrogens is 364 g/mol. The minimum Gasteiger partial charge on any atom is -0.496 e. The molecule has 0 aromatic heterocycles. The molecule has 0 saturated carbocycles. The predicted molar refractivity (Wildman–Crippen MR) is 114 cm³/mol. The van der Waals surface area contributed by atoms with E-state index in [-0.39, 0.29) is 29.6 Å². The van der Waals surface area contributed by atoms with Crippen molar-refractivity contribution >= 4 is 11.8 Å². The van der Waals surface area contributed by atoms with Gasteiger partial charge in [-0.15, -0.1) is 0 Å². The fourth-order valence-corrected chi connectivity index (χ4v) is 4.11. The predicted octanol–water partition coefficient (Wildman–Crippen LogP) is 3.55. The van der Waals surface area contributed by atoms with E-state index in [4.69, 9.17) is 4.74 Å². The number of carbonyl (C=O) groups excluding carboxylic acids is 2. The van der Waals surface area contributed by atoms with Crippen LogP contribution in [0.2, 0.25) is 0 Å². The number of rotatable bonds is 6. The third kappa shape index (κ3) is 4.61. The van der Waals surface area contributed by atoms with Gasteiger partial charge >= 0.3 is 0 Å². The molecule has 1 heterocycles. The summed E-state index contributed by atoms with van der Waals surface area (Å²) in [5.41, 5.74) is 2.07. The SMILES string of the molecule is COc1ccccc1C1CN(C(=O)C(C)C)CC1C(=O)N(C)Cc1ccccc1. The lowest BCUT2D eigenvalue weighted by atomic mass is 9.87.